The smallest absolute Gasteiger partial charge is 0.244 e. The van der Waals surface area contributed by atoms with E-state index in [1.54, 1.807) is 23.0 Å². The van der Waals surface area contributed by atoms with Crippen LogP contribution in [-0.4, -0.2) is 51.7 Å². The van der Waals surface area contributed by atoms with Gasteiger partial charge in [0, 0.05) is 38.9 Å². The lowest BCUT2D eigenvalue weighted by Crippen LogP contribution is -2.49. The molecule has 0 spiro atoms. The summed E-state index contributed by atoms with van der Waals surface area (Å²) < 4.78 is 14.8. The Kier molecular flexibility index (Phi) is 4.93. The van der Waals surface area contributed by atoms with E-state index in [1.165, 1.54) is 12.3 Å². The van der Waals surface area contributed by atoms with Crippen molar-refractivity contribution in [1.82, 2.24) is 19.6 Å². The monoisotopic (exact) mass is 336 g/mol. The van der Waals surface area contributed by atoms with Crippen molar-refractivity contribution in [3.8, 4) is 0 Å². The molecular formula is C16H18ClFN4O. The van der Waals surface area contributed by atoms with Crippen LogP contribution in [0.5, 0.6) is 0 Å². The molecule has 5 nitrogen and oxygen atoms in total. The zero-order valence-electron chi connectivity index (χ0n) is 12.7. The molecule has 3 rings (SSSR count). The number of rotatable bonds is 4. The maximum absolute atomic E-state index is 13.2. The fourth-order valence-electron chi connectivity index (χ4n) is 2.71. The predicted molar refractivity (Wildman–Crippen MR) is 85.5 cm³/mol. The number of hydrogen-bond donors (Lipinski definition) is 0. The summed E-state index contributed by atoms with van der Waals surface area (Å²) in [5.41, 5.74) is 0.955. The number of aromatic nitrogens is 2. The first-order valence-corrected chi connectivity index (χ1v) is 7.90. The normalized spacial score (nSPS) is 15.8. The molecule has 1 aromatic carbocycles. The lowest BCUT2D eigenvalue weighted by atomic mass is 10.2. The molecule has 2 heterocycles. The van der Waals surface area contributed by atoms with Gasteiger partial charge in [-0.05, 0) is 17.7 Å². The zero-order chi connectivity index (χ0) is 16.2. The summed E-state index contributed by atoms with van der Waals surface area (Å²) in [7, 11) is 0. The van der Waals surface area contributed by atoms with Gasteiger partial charge in [0.05, 0.1) is 11.2 Å². The Morgan fingerprint density at radius 1 is 1.26 bits per heavy atom. The first-order valence-electron chi connectivity index (χ1n) is 7.53. The minimum absolute atomic E-state index is 0.0372. The summed E-state index contributed by atoms with van der Waals surface area (Å²) >= 11 is 5.80. The van der Waals surface area contributed by atoms with Crippen molar-refractivity contribution in [2.75, 3.05) is 26.2 Å². The van der Waals surface area contributed by atoms with Gasteiger partial charge in [-0.25, -0.2) is 4.39 Å². The summed E-state index contributed by atoms with van der Waals surface area (Å²) in [6.45, 7) is 3.81. The largest absolute Gasteiger partial charge is 0.339 e. The number of halogens is 2. The Hall–Kier alpha value is -1.92. The molecule has 0 aliphatic carbocycles. The van der Waals surface area contributed by atoms with E-state index < -0.39 is 0 Å². The predicted octanol–water partition coefficient (Wildman–Crippen LogP) is 2.02. The van der Waals surface area contributed by atoms with Crippen LogP contribution in [0.3, 0.4) is 0 Å². The molecular weight excluding hydrogens is 319 g/mol. The molecule has 0 bridgehead atoms. The van der Waals surface area contributed by atoms with Crippen LogP contribution in [0.25, 0.3) is 0 Å². The lowest BCUT2D eigenvalue weighted by Gasteiger charge is -2.34. The van der Waals surface area contributed by atoms with Crippen molar-refractivity contribution >= 4 is 17.5 Å². The third kappa shape index (κ3) is 4.30. The Bertz CT molecular complexity index is 682. The second kappa shape index (κ2) is 7.10. The standard InChI is InChI=1S/C16H18ClFN4O/c17-14-9-19-22(11-14)12-16(23)21-6-4-20(5-7-21)10-13-2-1-3-15(18)8-13/h1-3,8-9,11H,4-7,10,12H2. The summed E-state index contributed by atoms with van der Waals surface area (Å²) in [6, 6.07) is 6.64. The molecule has 1 amide bonds. The Morgan fingerprint density at radius 3 is 2.70 bits per heavy atom. The SMILES string of the molecule is O=C(Cn1cc(Cl)cn1)N1CCN(Cc2cccc(F)c2)CC1. The molecule has 7 heteroatoms. The molecule has 0 N–H and O–H groups in total. The zero-order valence-corrected chi connectivity index (χ0v) is 13.4. The molecule has 23 heavy (non-hydrogen) atoms. The molecule has 0 radical (unpaired) electrons. The van der Waals surface area contributed by atoms with Crippen LogP contribution >= 0.6 is 11.6 Å². The molecule has 0 atom stereocenters. The Balaban J connectivity index is 1.49. The quantitative estimate of drug-likeness (QED) is 0.857. The van der Waals surface area contributed by atoms with Gasteiger partial charge in [0.25, 0.3) is 0 Å². The second-order valence-corrected chi connectivity index (χ2v) is 6.08. The topological polar surface area (TPSA) is 41.4 Å². The molecule has 1 aromatic heterocycles. The third-order valence-corrected chi connectivity index (χ3v) is 4.11. The lowest BCUT2D eigenvalue weighted by molar-refractivity contribution is -0.133. The highest BCUT2D eigenvalue weighted by Crippen LogP contribution is 2.11. The summed E-state index contributed by atoms with van der Waals surface area (Å²) in [5, 5.41) is 4.55. The highest BCUT2D eigenvalue weighted by molar-refractivity contribution is 6.30. The summed E-state index contributed by atoms with van der Waals surface area (Å²) in [4.78, 5) is 16.3. The molecule has 1 fully saturated rings. The molecule has 1 aliphatic rings. The van der Waals surface area contributed by atoms with Crippen molar-refractivity contribution in [2.24, 2.45) is 0 Å². The van der Waals surface area contributed by atoms with Gasteiger partial charge in [0.15, 0.2) is 0 Å². The van der Waals surface area contributed by atoms with Gasteiger partial charge in [0.2, 0.25) is 5.91 Å². The number of nitrogens with zero attached hydrogens (tertiary/aromatic N) is 4. The van der Waals surface area contributed by atoms with Crippen LogP contribution in [0.2, 0.25) is 5.02 Å². The molecule has 2 aromatic rings. The number of benzene rings is 1. The van der Waals surface area contributed by atoms with Crippen LogP contribution in [0.1, 0.15) is 5.56 Å². The van der Waals surface area contributed by atoms with Gasteiger partial charge in [-0.3, -0.25) is 14.4 Å². The van der Waals surface area contributed by atoms with E-state index in [0.29, 0.717) is 24.7 Å². The number of piperazine rings is 1. The Morgan fingerprint density at radius 2 is 2.04 bits per heavy atom. The van der Waals surface area contributed by atoms with Crippen LogP contribution in [0.4, 0.5) is 4.39 Å². The molecule has 0 saturated carbocycles. The van der Waals surface area contributed by atoms with E-state index in [0.717, 1.165) is 18.7 Å². The van der Waals surface area contributed by atoms with Gasteiger partial charge in [-0.15, -0.1) is 0 Å². The molecule has 122 valence electrons. The van der Waals surface area contributed by atoms with E-state index in [4.69, 9.17) is 11.6 Å². The van der Waals surface area contributed by atoms with Crippen molar-refractivity contribution in [3.05, 3.63) is 53.1 Å². The minimum atomic E-state index is -0.214. The van der Waals surface area contributed by atoms with Gasteiger partial charge in [-0.2, -0.15) is 5.10 Å². The van der Waals surface area contributed by atoms with Crippen LogP contribution in [0.15, 0.2) is 36.7 Å². The molecule has 0 unspecified atom stereocenters. The average molecular weight is 337 g/mol. The highest BCUT2D eigenvalue weighted by Gasteiger charge is 2.21. The van der Waals surface area contributed by atoms with E-state index in [9.17, 15) is 9.18 Å². The first kappa shape index (κ1) is 16.0. The number of carbonyl (C=O) groups is 1. The second-order valence-electron chi connectivity index (χ2n) is 5.64. The van der Waals surface area contributed by atoms with Gasteiger partial charge in [0.1, 0.15) is 12.4 Å². The third-order valence-electron chi connectivity index (χ3n) is 3.92. The van der Waals surface area contributed by atoms with E-state index in [1.807, 2.05) is 11.0 Å². The summed E-state index contributed by atoms with van der Waals surface area (Å²) in [6.07, 6.45) is 3.16. The van der Waals surface area contributed by atoms with E-state index in [-0.39, 0.29) is 18.3 Å². The van der Waals surface area contributed by atoms with E-state index in [2.05, 4.69) is 10.00 Å². The van der Waals surface area contributed by atoms with Crippen molar-refractivity contribution in [3.63, 3.8) is 0 Å². The number of hydrogen-bond acceptors (Lipinski definition) is 3. The maximum atomic E-state index is 13.2. The summed E-state index contributed by atoms with van der Waals surface area (Å²) in [5.74, 6) is -0.177. The van der Waals surface area contributed by atoms with Gasteiger partial charge < -0.3 is 4.90 Å². The van der Waals surface area contributed by atoms with Crippen LogP contribution < -0.4 is 0 Å². The van der Waals surface area contributed by atoms with Crippen molar-refractivity contribution in [2.45, 2.75) is 13.1 Å². The van der Waals surface area contributed by atoms with Crippen molar-refractivity contribution < 1.29 is 9.18 Å². The van der Waals surface area contributed by atoms with E-state index >= 15 is 0 Å². The minimum Gasteiger partial charge on any atom is -0.339 e. The van der Waals surface area contributed by atoms with Gasteiger partial charge >= 0.3 is 0 Å². The number of amides is 1. The Labute approximate surface area is 139 Å². The first-order chi connectivity index (χ1) is 11.1. The maximum Gasteiger partial charge on any atom is 0.244 e. The molecule has 1 aliphatic heterocycles. The number of carbonyl (C=O) groups excluding carboxylic acids is 1. The molecule has 1 saturated heterocycles. The fourth-order valence-corrected chi connectivity index (χ4v) is 2.87. The average Bonchev–Trinajstić information content (AvgIpc) is 2.93. The van der Waals surface area contributed by atoms with Crippen LogP contribution in [-0.2, 0) is 17.9 Å². The highest BCUT2D eigenvalue weighted by atomic mass is 35.5. The van der Waals surface area contributed by atoms with Gasteiger partial charge in [-0.1, -0.05) is 23.7 Å². The van der Waals surface area contributed by atoms with Crippen molar-refractivity contribution in [1.29, 1.82) is 0 Å². The fraction of sp³-hybridized carbons (Fsp3) is 0.375. The van der Waals surface area contributed by atoms with Crippen LogP contribution in [0, 0.1) is 5.82 Å².